The van der Waals surface area contributed by atoms with Crippen molar-refractivity contribution in [3.8, 4) is 0 Å². The van der Waals surface area contributed by atoms with Gasteiger partial charge in [0.1, 0.15) is 0 Å². The van der Waals surface area contributed by atoms with Gasteiger partial charge in [0.05, 0.1) is 0 Å². The van der Waals surface area contributed by atoms with Crippen LogP contribution in [0, 0.1) is 0 Å². The zero-order valence-corrected chi connectivity index (χ0v) is 6.72. The molecule has 2 nitrogen and oxygen atoms in total. The molecule has 0 aliphatic carbocycles. The second-order valence-corrected chi connectivity index (χ2v) is 1.62. The van der Waals surface area contributed by atoms with Crippen LogP contribution < -0.4 is 5.02 Å². The van der Waals surface area contributed by atoms with E-state index in [1.165, 1.54) is 0 Å². The third-order valence-electron chi connectivity index (χ3n) is 0.118. The molecule has 0 unspecified atom stereocenters. The third kappa shape index (κ3) is 2.53. The summed E-state index contributed by atoms with van der Waals surface area (Å²) in [6.07, 6.45) is 0. The molecule has 0 spiro atoms. The van der Waals surface area contributed by atoms with Gasteiger partial charge in [-0.2, -0.15) is 0 Å². The summed E-state index contributed by atoms with van der Waals surface area (Å²) in [5, 5.41) is 9.12. The second-order valence-electron chi connectivity index (χ2n) is 0.407. The quantitative estimate of drug-likeness (QED) is 0.343. The molecule has 0 atom stereocenters. The summed E-state index contributed by atoms with van der Waals surface area (Å²) in [6.45, 7) is 0. The van der Waals surface area contributed by atoms with Gasteiger partial charge in [0.2, 0.25) is 0 Å². The first-order valence-electron chi connectivity index (χ1n) is 0.986. The van der Waals surface area contributed by atoms with Crippen molar-refractivity contribution in [1.82, 2.24) is 0 Å². The molecule has 24 valence electrons. The molecule has 0 radical (unpaired) electrons. The van der Waals surface area contributed by atoms with E-state index in [0.29, 0.717) is 16.9 Å². The van der Waals surface area contributed by atoms with E-state index in [-0.39, 0.29) is 7.69 Å². The third-order valence-corrected chi connectivity index (χ3v) is 0.612. The molecule has 0 amide bonds. The van der Waals surface area contributed by atoms with E-state index >= 15 is 0 Å². The van der Waals surface area contributed by atoms with Crippen LogP contribution in [0.3, 0.4) is 0 Å². The van der Waals surface area contributed by atoms with E-state index < -0.39 is 0 Å². The molecule has 0 N–H and O–H groups in total. The minimum atomic E-state index is -0.347. The Bertz CT molecular complexity index is 8.00. The van der Waals surface area contributed by atoms with Crippen LogP contribution >= 0.6 is 0 Å². The van der Waals surface area contributed by atoms with E-state index in [2.05, 4.69) is 3.68 Å². The summed E-state index contributed by atoms with van der Waals surface area (Å²) in [4.78, 5) is 0. The summed E-state index contributed by atoms with van der Waals surface area (Å²) in [5.74, 6) is 0. The van der Waals surface area contributed by atoms with E-state index in [1.54, 1.807) is 0 Å². The summed E-state index contributed by atoms with van der Waals surface area (Å²) >= 11 is 0.300. The van der Waals surface area contributed by atoms with Crippen LogP contribution in [0.15, 0.2) is 0 Å². The molecule has 0 aromatic rings. The molecule has 0 heterocycles. The van der Waals surface area contributed by atoms with Gasteiger partial charge in [-0.15, -0.1) is 0 Å². The zero-order chi connectivity index (χ0) is 3.41. The first-order valence-corrected chi connectivity index (χ1v) is 2.70. The molecule has 0 saturated heterocycles. The Hall–Kier alpha value is 0.528. The Labute approximate surface area is 34.0 Å². The molecule has 4 heavy (non-hydrogen) atoms. The Morgan fingerprint density at radius 2 is 2.25 bits per heavy atom. The van der Waals surface area contributed by atoms with Gasteiger partial charge in [-0.1, -0.05) is 0 Å². The maximum absolute atomic E-state index is 9.12. The Morgan fingerprint density at radius 1 is 2.00 bits per heavy atom. The Kier molecular flexibility index (Phi) is 3.99. The average Bonchev–Trinajstić information content (AvgIpc) is 1.37. The predicted molar refractivity (Wildman–Crippen MR) is 18.2 cm³/mol. The van der Waals surface area contributed by atoms with Crippen LogP contribution in [0.5, 0.6) is 0 Å². The monoisotopic (exact) mass is 121 g/mol. The van der Waals surface area contributed by atoms with Crippen LogP contribution in [0.1, 0.15) is 0 Å². The standard InChI is InChI=1S/BGeH4O2/c2-4-1-3/h1H,2H3/q-1. The zero-order valence-electron chi connectivity index (χ0n) is 2.52. The van der Waals surface area contributed by atoms with Gasteiger partial charge in [-0.3, -0.25) is 0 Å². The van der Waals surface area contributed by atoms with Crippen molar-refractivity contribution in [2.45, 2.75) is 0 Å². The second kappa shape index (κ2) is 3.53. The van der Waals surface area contributed by atoms with Gasteiger partial charge in [0, 0.05) is 0 Å². The molecule has 0 fully saturated rings. The average molecular weight is 119 g/mol. The van der Waals surface area contributed by atoms with Crippen LogP contribution in [0.2, 0.25) is 0 Å². The van der Waals surface area contributed by atoms with Gasteiger partial charge in [-0.05, 0) is 0 Å². The molecule has 0 aliphatic heterocycles. The van der Waals surface area contributed by atoms with E-state index in [0.717, 1.165) is 0 Å². The van der Waals surface area contributed by atoms with E-state index in [4.69, 9.17) is 5.02 Å². The summed E-state index contributed by atoms with van der Waals surface area (Å²) in [5.41, 5.74) is 0. The molecule has 0 aromatic carbocycles. The number of rotatable bonds is 1. The molecule has 0 bridgehead atoms. The van der Waals surface area contributed by atoms with Crippen molar-refractivity contribution in [1.29, 1.82) is 0 Å². The number of hydrogen-bond acceptors (Lipinski definition) is 2. The van der Waals surface area contributed by atoms with Crippen molar-refractivity contribution < 1.29 is 8.71 Å². The molecule has 0 rings (SSSR count). The van der Waals surface area contributed by atoms with Crippen molar-refractivity contribution in [2.75, 3.05) is 0 Å². The molecule has 0 aromatic heterocycles. The molecule has 4 heteroatoms. The van der Waals surface area contributed by atoms with Crippen molar-refractivity contribution in [3.05, 3.63) is 0 Å². The maximum atomic E-state index is 9.12. The van der Waals surface area contributed by atoms with Crippen LogP contribution in [0.4, 0.5) is 0 Å². The Balaban J connectivity index is 1.97. The fourth-order valence-electron chi connectivity index (χ4n) is 0. The van der Waals surface area contributed by atoms with Crippen LogP contribution in [-0.4, -0.2) is 24.5 Å². The summed E-state index contributed by atoms with van der Waals surface area (Å²) in [7, 11) is -0.347. The van der Waals surface area contributed by atoms with Crippen molar-refractivity contribution in [2.24, 2.45) is 0 Å². The first kappa shape index (κ1) is 4.53. The van der Waals surface area contributed by atoms with Gasteiger partial charge in [0.15, 0.2) is 0 Å². The fraction of sp³-hybridized carbons (Fsp3) is 0. The van der Waals surface area contributed by atoms with Crippen LogP contribution in [0.25, 0.3) is 0 Å². The fourth-order valence-corrected chi connectivity index (χ4v) is 0. The predicted octanol–water partition coefficient (Wildman–Crippen LogP) is -3.09. The van der Waals surface area contributed by atoms with Crippen LogP contribution in [-0.2, 0) is 3.68 Å². The Morgan fingerprint density at radius 3 is 2.25 bits per heavy atom. The van der Waals surface area contributed by atoms with Gasteiger partial charge >= 0.3 is 33.2 Å². The molecular formula is H4BGeO2-. The summed E-state index contributed by atoms with van der Waals surface area (Å²) in [6, 6.07) is 0. The van der Waals surface area contributed by atoms with Gasteiger partial charge in [-0.25, -0.2) is 0 Å². The topological polar surface area (TPSA) is 32.3 Å². The first-order chi connectivity index (χ1) is 1.91. The van der Waals surface area contributed by atoms with Crippen molar-refractivity contribution in [3.63, 3.8) is 0 Å². The SMILES string of the molecule is [O-]B[O][GeH3]. The minimum absolute atomic E-state index is 0.300. The normalized spacial score (nSPS) is 7.25. The van der Waals surface area contributed by atoms with Gasteiger partial charge in [0.25, 0.3) is 0 Å². The van der Waals surface area contributed by atoms with Gasteiger partial charge < -0.3 is 0 Å². The van der Waals surface area contributed by atoms with Crippen molar-refractivity contribution >= 4 is 24.5 Å². The molecule has 0 aliphatic rings. The summed E-state index contributed by atoms with van der Waals surface area (Å²) < 4.78 is 4.17. The van der Waals surface area contributed by atoms with E-state index in [1.807, 2.05) is 0 Å². The number of hydrogen-bond donors (Lipinski definition) is 0. The van der Waals surface area contributed by atoms with E-state index in [9.17, 15) is 0 Å². The molecular weight excluding hydrogens is 115 g/mol. The molecule has 0 saturated carbocycles.